The summed E-state index contributed by atoms with van der Waals surface area (Å²) in [7, 11) is 0. The van der Waals surface area contributed by atoms with E-state index in [1.807, 2.05) is 0 Å². The molecule has 13 heteroatoms. The highest BCUT2D eigenvalue weighted by Gasteiger charge is 2.27. The Morgan fingerprint density at radius 2 is 1.21 bits per heavy atom. The molecule has 0 saturated heterocycles. The number of aliphatic hydroxyl groups is 1. The number of halogens is 1. The maximum atomic E-state index is 12.8. The Morgan fingerprint density at radius 1 is 0.795 bits per heavy atom. The van der Waals surface area contributed by atoms with Crippen LogP contribution in [0.1, 0.15) is 53.3 Å². The molecule has 0 aliphatic carbocycles. The minimum absolute atomic E-state index is 0. The number of amides is 3. The fourth-order valence-corrected chi connectivity index (χ4v) is 3.65. The summed E-state index contributed by atoms with van der Waals surface area (Å²) in [5, 5.41) is 53.8. The zero-order valence-corrected chi connectivity index (χ0v) is 22.5. The highest BCUT2D eigenvalue weighted by Crippen LogP contribution is 2.28. The van der Waals surface area contributed by atoms with Crippen LogP contribution in [0.4, 0.5) is 0 Å². The Kier molecular flexibility index (Phi) is 13.9. The maximum Gasteiger partial charge on any atom is 0.283 e. The highest BCUT2D eigenvalue weighted by atomic mass is 35.5. The molecule has 0 fully saturated rings. The van der Waals surface area contributed by atoms with Crippen LogP contribution in [0.15, 0.2) is 36.4 Å². The van der Waals surface area contributed by atoms with Crippen LogP contribution in [-0.2, 0) is 4.79 Å². The number of phenolic OH excluding ortho intramolecular Hbond substituents is 4. The Hall–Kier alpha value is -3.74. The lowest BCUT2D eigenvalue weighted by Crippen LogP contribution is -3.00. The van der Waals surface area contributed by atoms with E-state index in [4.69, 9.17) is 0 Å². The average molecular weight is 569 g/mol. The number of carbonyl (C=O) groups is 3. The molecule has 10 N–H and O–H groups in total. The second-order valence-corrected chi connectivity index (χ2v) is 8.95. The van der Waals surface area contributed by atoms with E-state index in [2.05, 4.69) is 16.4 Å². The van der Waals surface area contributed by atoms with Crippen molar-refractivity contribution in [3.8, 4) is 23.0 Å². The lowest BCUT2D eigenvalue weighted by molar-refractivity contribution is -0.421. The van der Waals surface area contributed by atoms with Gasteiger partial charge in [0.05, 0.1) is 11.1 Å². The predicted octanol–water partition coefficient (Wildman–Crippen LogP) is -2.95. The number of nitrogens with one attached hydrogen (secondary N) is 2. The molecule has 0 radical (unpaired) electrons. The van der Waals surface area contributed by atoms with Crippen molar-refractivity contribution in [2.75, 3.05) is 26.2 Å². The van der Waals surface area contributed by atoms with Crippen LogP contribution in [0.25, 0.3) is 0 Å². The predicted molar refractivity (Wildman–Crippen MR) is 138 cm³/mol. The van der Waals surface area contributed by atoms with Crippen molar-refractivity contribution in [1.29, 1.82) is 0 Å². The summed E-state index contributed by atoms with van der Waals surface area (Å²) < 4.78 is 0. The van der Waals surface area contributed by atoms with Gasteiger partial charge in [0.25, 0.3) is 17.7 Å². The fraction of sp³-hybridized carbons (Fsp3) is 0.423. The van der Waals surface area contributed by atoms with Gasteiger partial charge < -0.3 is 59.2 Å². The van der Waals surface area contributed by atoms with Gasteiger partial charge in [-0.05, 0) is 56.9 Å². The van der Waals surface area contributed by atoms with Gasteiger partial charge in [-0.1, -0.05) is 12.1 Å². The normalized spacial score (nSPS) is 12.1. The smallest absolute Gasteiger partial charge is 0.283 e. The maximum absolute atomic E-state index is 12.8. The number of aromatic hydroxyl groups is 4. The number of rotatable bonds is 14. The molecule has 0 unspecified atom stereocenters. The number of nitrogens with zero attached hydrogens (tertiary/aromatic N) is 1. The number of hydrogen-bond donors (Lipinski definition) is 8. The van der Waals surface area contributed by atoms with Crippen molar-refractivity contribution >= 4 is 17.7 Å². The van der Waals surface area contributed by atoms with Crippen LogP contribution >= 0.6 is 0 Å². The van der Waals surface area contributed by atoms with E-state index >= 15 is 0 Å². The molecule has 0 saturated carbocycles. The second-order valence-electron chi connectivity index (χ2n) is 8.95. The zero-order valence-electron chi connectivity index (χ0n) is 21.8. The largest absolute Gasteiger partial charge is 1.00 e. The number of carbonyl (C=O) groups excluding carboxylic acids is 3. The molecule has 2 rings (SSSR count). The SMILES string of the molecule is C[C@@H](O)[C@H]([NH3+])C(=O)N(CCCCNC(=O)c1cccc(O)c1O)CCCCNC(=O)c1cccc(O)c1O.[Cl-]. The lowest BCUT2D eigenvalue weighted by atomic mass is 10.1. The summed E-state index contributed by atoms with van der Waals surface area (Å²) in [5.41, 5.74) is 3.67. The summed E-state index contributed by atoms with van der Waals surface area (Å²) in [4.78, 5) is 38.8. The lowest BCUT2D eigenvalue weighted by Gasteiger charge is -2.25. The van der Waals surface area contributed by atoms with Crippen LogP contribution in [0.5, 0.6) is 23.0 Å². The van der Waals surface area contributed by atoms with Crippen LogP contribution in [0, 0.1) is 0 Å². The summed E-state index contributed by atoms with van der Waals surface area (Å²) >= 11 is 0. The number of unbranched alkanes of at least 4 members (excludes halogenated alkanes) is 2. The van der Waals surface area contributed by atoms with E-state index in [0.29, 0.717) is 38.8 Å². The quantitative estimate of drug-likeness (QED) is 0.0871. The Labute approximate surface area is 232 Å². The number of para-hydroxylation sites is 2. The summed E-state index contributed by atoms with van der Waals surface area (Å²) in [6.45, 7) is 2.80. The monoisotopic (exact) mass is 568 g/mol. The molecule has 216 valence electrons. The van der Waals surface area contributed by atoms with Gasteiger partial charge in [-0.25, -0.2) is 0 Å². The van der Waals surface area contributed by atoms with Crippen molar-refractivity contribution in [3.63, 3.8) is 0 Å². The molecule has 0 aliphatic rings. The third-order valence-electron chi connectivity index (χ3n) is 6.01. The minimum atomic E-state index is -0.923. The van der Waals surface area contributed by atoms with Crippen LogP contribution in [-0.4, -0.2) is 86.5 Å². The topological polar surface area (TPSA) is 207 Å². The molecule has 0 heterocycles. The molecule has 0 bridgehead atoms. The van der Waals surface area contributed by atoms with Gasteiger partial charge in [0, 0.05) is 26.2 Å². The van der Waals surface area contributed by atoms with Gasteiger partial charge in [-0.2, -0.15) is 0 Å². The Balaban J connectivity index is 0.00000760. The fourth-order valence-electron chi connectivity index (χ4n) is 3.65. The van der Waals surface area contributed by atoms with Gasteiger partial charge in [0.2, 0.25) is 0 Å². The molecule has 2 atom stereocenters. The first-order valence-electron chi connectivity index (χ1n) is 12.4. The van der Waals surface area contributed by atoms with Gasteiger partial charge in [-0.15, -0.1) is 0 Å². The van der Waals surface area contributed by atoms with Crippen molar-refractivity contribution < 1.29 is 58.1 Å². The molecular weight excluding hydrogens is 532 g/mol. The molecule has 12 nitrogen and oxygen atoms in total. The number of benzene rings is 2. The van der Waals surface area contributed by atoms with Crippen molar-refractivity contribution in [3.05, 3.63) is 47.5 Å². The number of quaternary nitrogens is 1. The molecule has 0 aromatic heterocycles. The Bertz CT molecular complexity index is 1040. The first kappa shape index (κ1) is 33.3. The molecule has 3 amide bonds. The minimum Gasteiger partial charge on any atom is -1.00 e. The van der Waals surface area contributed by atoms with Gasteiger partial charge in [0.15, 0.2) is 29.0 Å². The molecular formula is C26H37ClN4O8. The average Bonchev–Trinajstić information content (AvgIpc) is 2.88. The van der Waals surface area contributed by atoms with Crippen LogP contribution < -0.4 is 28.8 Å². The summed E-state index contributed by atoms with van der Waals surface area (Å²) in [6, 6.07) is 7.40. The highest BCUT2D eigenvalue weighted by molar-refractivity contribution is 5.98. The first-order valence-corrected chi connectivity index (χ1v) is 12.4. The third kappa shape index (κ3) is 9.82. The van der Waals surface area contributed by atoms with Crippen LogP contribution in [0.3, 0.4) is 0 Å². The van der Waals surface area contributed by atoms with E-state index in [-0.39, 0.29) is 54.0 Å². The van der Waals surface area contributed by atoms with Gasteiger partial charge in [-0.3, -0.25) is 14.4 Å². The van der Waals surface area contributed by atoms with E-state index in [1.54, 1.807) is 4.90 Å². The summed E-state index contributed by atoms with van der Waals surface area (Å²) in [5.74, 6) is -3.11. The van der Waals surface area contributed by atoms with E-state index in [1.165, 1.54) is 43.3 Å². The number of hydrogen-bond acceptors (Lipinski definition) is 8. The van der Waals surface area contributed by atoms with Gasteiger partial charge in [0.1, 0.15) is 6.10 Å². The first-order chi connectivity index (χ1) is 18.0. The summed E-state index contributed by atoms with van der Waals surface area (Å²) in [6.07, 6.45) is 1.26. The van der Waals surface area contributed by atoms with Crippen LogP contribution in [0.2, 0.25) is 0 Å². The molecule has 0 aliphatic heterocycles. The zero-order chi connectivity index (χ0) is 28.2. The third-order valence-corrected chi connectivity index (χ3v) is 6.01. The van der Waals surface area contributed by atoms with E-state index in [0.717, 1.165) is 0 Å². The molecule has 2 aromatic carbocycles. The number of aliphatic hydroxyl groups excluding tert-OH is 1. The van der Waals surface area contributed by atoms with E-state index in [9.17, 15) is 39.9 Å². The standard InChI is InChI=1S/C26H36N4O8.ClH/c1-16(31)21(27)26(38)30(14-4-2-12-28-24(36)17-8-6-10-19(32)22(17)34)15-5-3-13-29-25(37)18-9-7-11-20(33)23(18)35;/h6-11,16,21,31-35H,2-5,12-15,27H2,1H3,(H,28,36)(H,29,37);1H/t16-,21+;/m1./s1. The molecule has 0 spiro atoms. The van der Waals surface area contributed by atoms with Crippen molar-refractivity contribution in [2.45, 2.75) is 44.8 Å². The molecule has 2 aromatic rings. The van der Waals surface area contributed by atoms with Crippen molar-refractivity contribution in [1.82, 2.24) is 15.5 Å². The number of phenols is 4. The van der Waals surface area contributed by atoms with Crippen molar-refractivity contribution in [2.24, 2.45) is 0 Å². The van der Waals surface area contributed by atoms with Gasteiger partial charge >= 0.3 is 0 Å². The molecule has 39 heavy (non-hydrogen) atoms. The Morgan fingerprint density at radius 3 is 1.59 bits per heavy atom. The second kappa shape index (κ2) is 16.3. The van der Waals surface area contributed by atoms with E-state index < -0.39 is 35.5 Å².